The molecule has 0 aliphatic carbocycles. The van der Waals surface area contributed by atoms with Crippen LogP contribution in [0.5, 0.6) is 5.75 Å². The maximum Gasteiger partial charge on any atom is 0.269 e. The number of nitrogens with one attached hydrogen (secondary N) is 1. The van der Waals surface area contributed by atoms with Gasteiger partial charge in [0, 0.05) is 17.7 Å². The number of rotatable bonds is 7. The van der Waals surface area contributed by atoms with E-state index >= 15 is 0 Å². The molecule has 10 heteroatoms. The van der Waals surface area contributed by atoms with Gasteiger partial charge in [-0.05, 0) is 48.4 Å². The van der Waals surface area contributed by atoms with Crippen LogP contribution in [0.3, 0.4) is 0 Å². The highest BCUT2D eigenvalue weighted by Crippen LogP contribution is 2.26. The number of hydrogen-bond donors (Lipinski definition) is 1. The molecule has 0 bridgehead atoms. The van der Waals surface area contributed by atoms with E-state index in [2.05, 4.69) is 15.5 Å². The lowest BCUT2D eigenvalue weighted by molar-refractivity contribution is -0.384. The van der Waals surface area contributed by atoms with Crippen LogP contribution < -0.4 is 10.1 Å². The highest BCUT2D eigenvalue weighted by atomic mass is 32.2. The van der Waals surface area contributed by atoms with Gasteiger partial charge in [-0.1, -0.05) is 23.9 Å². The van der Waals surface area contributed by atoms with Crippen molar-refractivity contribution in [2.45, 2.75) is 11.7 Å². The fourth-order valence-corrected chi connectivity index (χ4v) is 4.03. The molecular weight excluding hydrogens is 432 g/mol. The van der Waals surface area contributed by atoms with Crippen LogP contribution in [0.1, 0.15) is 11.3 Å². The van der Waals surface area contributed by atoms with Gasteiger partial charge in [-0.2, -0.15) is 5.10 Å². The van der Waals surface area contributed by atoms with Gasteiger partial charge in [0.25, 0.3) is 5.69 Å². The molecule has 1 N–H and O–H groups in total. The number of hydrogen-bond acceptors (Lipinski definition) is 8. The van der Waals surface area contributed by atoms with E-state index in [9.17, 15) is 14.9 Å². The molecule has 1 saturated heterocycles. The van der Waals surface area contributed by atoms with Gasteiger partial charge in [-0.15, -0.1) is 5.10 Å². The molecule has 1 atom stereocenters. The number of non-ortho nitro benzene ring substituents is 1. The number of nitro groups is 1. The Balaban J connectivity index is 1.38. The van der Waals surface area contributed by atoms with Gasteiger partial charge in [0.2, 0.25) is 5.91 Å². The van der Waals surface area contributed by atoms with Gasteiger partial charge in [0.15, 0.2) is 5.17 Å². The van der Waals surface area contributed by atoms with Gasteiger partial charge in [-0.25, -0.2) is 0 Å². The van der Waals surface area contributed by atoms with Gasteiger partial charge < -0.3 is 14.5 Å². The summed E-state index contributed by atoms with van der Waals surface area (Å²) in [5, 5.41) is 21.6. The Kier molecular flexibility index (Phi) is 6.31. The maximum absolute atomic E-state index is 12.2. The van der Waals surface area contributed by atoms with E-state index < -0.39 is 10.2 Å². The zero-order chi connectivity index (χ0) is 22.5. The monoisotopic (exact) mass is 450 g/mol. The first-order valence-electron chi connectivity index (χ1n) is 9.58. The Hall–Kier alpha value is -3.92. The van der Waals surface area contributed by atoms with Crippen molar-refractivity contribution in [1.29, 1.82) is 0 Å². The fourth-order valence-electron chi connectivity index (χ4n) is 3.07. The Morgan fingerprint density at radius 1 is 1.22 bits per heavy atom. The number of carbonyl (C=O) groups excluding carboxylic acids is 1. The van der Waals surface area contributed by atoms with E-state index in [1.807, 2.05) is 30.3 Å². The number of nitrogens with zero attached hydrogens (tertiary/aromatic N) is 3. The summed E-state index contributed by atoms with van der Waals surface area (Å²) >= 11 is 1.23. The average Bonchev–Trinajstić information content (AvgIpc) is 3.41. The summed E-state index contributed by atoms with van der Waals surface area (Å²) in [5.74, 6) is 1.75. The summed E-state index contributed by atoms with van der Waals surface area (Å²) in [4.78, 5) is 22.7. The number of ether oxygens (including phenoxy) is 1. The Bertz CT molecular complexity index is 1200. The number of nitro benzene ring substituents is 1. The van der Waals surface area contributed by atoms with Crippen molar-refractivity contribution in [2.24, 2.45) is 10.2 Å². The van der Waals surface area contributed by atoms with Crippen molar-refractivity contribution in [3.05, 3.63) is 82.1 Å². The summed E-state index contributed by atoms with van der Waals surface area (Å²) in [6.07, 6.45) is 1.81. The van der Waals surface area contributed by atoms with Crippen molar-refractivity contribution < 1.29 is 18.9 Å². The molecule has 1 amide bonds. The molecule has 2 aromatic carbocycles. The van der Waals surface area contributed by atoms with Crippen LogP contribution in [0, 0.1) is 10.1 Å². The number of furan rings is 1. The quantitative estimate of drug-likeness (QED) is 0.330. The summed E-state index contributed by atoms with van der Waals surface area (Å²) < 4.78 is 10.9. The molecule has 4 rings (SSSR count). The minimum Gasteiger partial charge on any atom is -0.497 e. The molecule has 32 heavy (non-hydrogen) atoms. The molecule has 0 unspecified atom stereocenters. The average molecular weight is 450 g/mol. The molecule has 1 aliphatic rings. The lowest BCUT2D eigenvalue weighted by Crippen LogP contribution is -2.25. The summed E-state index contributed by atoms with van der Waals surface area (Å²) in [6, 6.07) is 17.3. The van der Waals surface area contributed by atoms with Crippen LogP contribution >= 0.6 is 11.8 Å². The number of methoxy groups -OCH3 is 1. The van der Waals surface area contributed by atoms with Gasteiger partial charge in [0.05, 0.1) is 23.5 Å². The highest BCUT2D eigenvalue weighted by Gasteiger charge is 2.30. The third-order valence-corrected chi connectivity index (χ3v) is 5.73. The SMILES string of the molecule is COc1ccc(-c2ccc(/C=N\N=C3\NC(=O)[C@@H](Cc4cccc([N+](=O)[O-])c4)S3)o2)cc1. The third-order valence-electron chi connectivity index (χ3n) is 4.65. The first kappa shape index (κ1) is 21.3. The van der Waals surface area contributed by atoms with Crippen LogP contribution in [-0.2, 0) is 11.2 Å². The van der Waals surface area contributed by atoms with Gasteiger partial charge in [0.1, 0.15) is 17.3 Å². The first-order valence-corrected chi connectivity index (χ1v) is 10.5. The van der Waals surface area contributed by atoms with Crippen molar-refractivity contribution in [2.75, 3.05) is 7.11 Å². The lowest BCUT2D eigenvalue weighted by atomic mass is 10.1. The summed E-state index contributed by atoms with van der Waals surface area (Å²) in [6.45, 7) is 0. The molecule has 1 aliphatic heterocycles. The Labute approximate surface area is 187 Å². The van der Waals surface area contributed by atoms with Crippen LogP contribution in [0.4, 0.5) is 5.69 Å². The number of amides is 1. The predicted octanol–water partition coefficient (Wildman–Crippen LogP) is 4.03. The van der Waals surface area contributed by atoms with Crippen molar-refractivity contribution >= 4 is 34.7 Å². The number of benzene rings is 2. The molecule has 0 spiro atoms. The largest absolute Gasteiger partial charge is 0.497 e. The lowest BCUT2D eigenvalue weighted by Gasteiger charge is -2.04. The molecule has 1 aromatic heterocycles. The smallest absolute Gasteiger partial charge is 0.269 e. The van der Waals surface area contributed by atoms with Crippen molar-refractivity contribution in [3.63, 3.8) is 0 Å². The fraction of sp³-hybridized carbons (Fsp3) is 0.136. The summed E-state index contributed by atoms with van der Waals surface area (Å²) in [7, 11) is 1.61. The van der Waals surface area contributed by atoms with E-state index in [-0.39, 0.29) is 11.6 Å². The van der Waals surface area contributed by atoms with Crippen LogP contribution in [0.2, 0.25) is 0 Å². The van der Waals surface area contributed by atoms with E-state index in [1.54, 1.807) is 25.3 Å². The molecular formula is C22H18N4O5S. The predicted molar refractivity (Wildman–Crippen MR) is 122 cm³/mol. The Morgan fingerprint density at radius 2 is 2.03 bits per heavy atom. The van der Waals surface area contributed by atoms with Gasteiger partial charge in [-0.3, -0.25) is 14.9 Å². The first-order chi connectivity index (χ1) is 15.5. The number of carbonyl (C=O) groups is 1. The summed E-state index contributed by atoms with van der Waals surface area (Å²) in [5.41, 5.74) is 1.61. The number of thioether (sulfide) groups is 1. The molecule has 2 heterocycles. The van der Waals surface area contributed by atoms with Crippen molar-refractivity contribution in [3.8, 4) is 17.1 Å². The zero-order valence-electron chi connectivity index (χ0n) is 16.9. The minimum atomic E-state index is -0.457. The second-order valence-electron chi connectivity index (χ2n) is 6.81. The second-order valence-corrected chi connectivity index (χ2v) is 8.00. The molecule has 9 nitrogen and oxygen atoms in total. The number of amidine groups is 1. The molecule has 3 aromatic rings. The maximum atomic E-state index is 12.2. The normalized spacial score (nSPS) is 17.1. The topological polar surface area (TPSA) is 119 Å². The van der Waals surface area contributed by atoms with Gasteiger partial charge >= 0.3 is 0 Å². The van der Waals surface area contributed by atoms with Crippen molar-refractivity contribution in [1.82, 2.24) is 5.32 Å². The zero-order valence-corrected chi connectivity index (χ0v) is 17.7. The second kappa shape index (κ2) is 9.48. The molecule has 0 radical (unpaired) electrons. The van der Waals surface area contributed by atoms with E-state index in [4.69, 9.17) is 9.15 Å². The standard InChI is InChI=1S/C22H18N4O5S/c1-30-17-7-5-15(6-8-17)19-10-9-18(31-19)13-23-25-22-24-21(27)20(32-22)12-14-3-2-4-16(11-14)26(28)29/h2-11,13,20H,12H2,1H3,(H,24,25,27)/b23-13-/t20-/m1/s1. The van der Waals surface area contributed by atoms with E-state index in [0.717, 1.165) is 11.3 Å². The molecule has 162 valence electrons. The molecule has 1 fully saturated rings. The third kappa shape index (κ3) is 5.03. The van der Waals surface area contributed by atoms with Crippen LogP contribution in [0.15, 0.2) is 75.3 Å². The van der Waals surface area contributed by atoms with Crippen LogP contribution in [0.25, 0.3) is 11.3 Å². The van der Waals surface area contributed by atoms with Crippen LogP contribution in [-0.4, -0.2) is 34.6 Å². The minimum absolute atomic E-state index is 0.00291. The highest BCUT2D eigenvalue weighted by molar-refractivity contribution is 8.15. The Morgan fingerprint density at radius 3 is 2.78 bits per heavy atom. The molecule has 0 saturated carbocycles. The van der Waals surface area contributed by atoms with E-state index in [1.165, 1.54) is 30.1 Å². The van der Waals surface area contributed by atoms with E-state index in [0.29, 0.717) is 28.7 Å².